The number of aliphatic imine (C=N–C) groups is 1. The van der Waals surface area contributed by atoms with Crippen molar-refractivity contribution in [3.63, 3.8) is 0 Å². The molecule has 3 rings (SSSR count). The maximum Gasteiger partial charge on any atom is 0.230 e. The molecule has 0 saturated carbocycles. The van der Waals surface area contributed by atoms with Crippen LogP contribution in [0.2, 0.25) is 0 Å². The molecule has 1 unspecified atom stereocenters. The van der Waals surface area contributed by atoms with E-state index in [1.54, 1.807) is 20.3 Å². The minimum absolute atomic E-state index is 0.179. The number of carboxylic acid groups (broad SMARTS) is 1. The van der Waals surface area contributed by atoms with E-state index in [1.807, 2.05) is 12.1 Å². The number of benzene rings is 2. The molecule has 0 bridgehead atoms. The highest BCUT2D eigenvalue weighted by molar-refractivity contribution is 8.15. The summed E-state index contributed by atoms with van der Waals surface area (Å²) >= 11 is 0.954. The molecule has 7 nitrogen and oxygen atoms in total. The number of carbonyl (C=O) groups is 2. The second-order valence-corrected chi connectivity index (χ2v) is 7.66. The smallest absolute Gasteiger partial charge is 0.230 e. The fraction of sp³-hybridized carbons (Fsp3) is 0.286. The Balaban J connectivity index is 1.83. The van der Waals surface area contributed by atoms with E-state index in [-0.39, 0.29) is 17.5 Å². The Hall–Kier alpha value is -3.07. The Morgan fingerprint density at radius 3 is 2.53 bits per heavy atom. The molecule has 1 atom stereocenters. The molecule has 1 aliphatic heterocycles. The van der Waals surface area contributed by atoms with Gasteiger partial charge in [0.15, 0.2) is 16.7 Å². The van der Waals surface area contributed by atoms with Crippen molar-refractivity contribution in [2.75, 3.05) is 20.8 Å². The lowest BCUT2D eigenvalue weighted by Crippen LogP contribution is -2.48. The lowest BCUT2D eigenvalue weighted by atomic mass is 10.1. The molecule has 1 amide bonds. The van der Waals surface area contributed by atoms with Gasteiger partial charge < -0.3 is 19.4 Å². The van der Waals surface area contributed by atoms with Crippen LogP contribution >= 0.6 is 11.8 Å². The summed E-state index contributed by atoms with van der Waals surface area (Å²) in [5.41, 5.74) is 1.33. The maximum absolute atomic E-state index is 13.2. The molecule has 1 aliphatic rings. The average Bonchev–Trinajstić information content (AvgIpc) is 2.74. The molecule has 1 heterocycles. The number of ether oxygens (including phenoxy) is 2. The predicted molar refractivity (Wildman–Crippen MR) is 109 cm³/mol. The molecule has 1 saturated heterocycles. The minimum atomic E-state index is -1.32. The first-order valence-electron chi connectivity index (χ1n) is 9.14. The third-order valence-corrected chi connectivity index (χ3v) is 5.69. The van der Waals surface area contributed by atoms with Crippen molar-refractivity contribution in [2.24, 2.45) is 4.99 Å². The summed E-state index contributed by atoms with van der Waals surface area (Å²) < 4.78 is 23.7. The number of carbonyl (C=O) groups excluding carboxylic acids is 2. The molecule has 2 aromatic carbocycles. The molecule has 9 heteroatoms. The number of carboxylic acids is 1. The quantitative estimate of drug-likeness (QED) is 0.667. The normalized spacial score (nSPS) is 17.8. The first-order valence-corrected chi connectivity index (χ1v) is 10.0. The summed E-state index contributed by atoms with van der Waals surface area (Å²) in [7, 11) is 3.09. The average molecular weight is 431 g/mol. The van der Waals surface area contributed by atoms with Crippen molar-refractivity contribution in [1.82, 2.24) is 4.90 Å². The molecule has 2 aromatic rings. The zero-order valence-electron chi connectivity index (χ0n) is 16.5. The van der Waals surface area contributed by atoms with Gasteiger partial charge in [0.25, 0.3) is 0 Å². The van der Waals surface area contributed by atoms with Crippen molar-refractivity contribution < 1.29 is 28.6 Å². The Morgan fingerprint density at radius 2 is 1.90 bits per heavy atom. The SMILES string of the molecule is COc1ccc(CCN2C(=O)CC(C(=O)[O-])SC2=Nc2ccc(F)cc2)cc1OC. The fourth-order valence-electron chi connectivity index (χ4n) is 2.95. The molecular weight excluding hydrogens is 411 g/mol. The van der Waals surface area contributed by atoms with Crippen LogP contribution in [-0.2, 0) is 16.0 Å². The van der Waals surface area contributed by atoms with E-state index in [9.17, 15) is 19.1 Å². The maximum atomic E-state index is 13.2. The number of amides is 1. The van der Waals surface area contributed by atoms with Crippen LogP contribution in [0.25, 0.3) is 0 Å². The highest BCUT2D eigenvalue weighted by Crippen LogP contribution is 2.30. The van der Waals surface area contributed by atoms with Gasteiger partial charge in [0.1, 0.15) is 5.82 Å². The monoisotopic (exact) mass is 431 g/mol. The number of aliphatic carboxylic acids is 1. The zero-order chi connectivity index (χ0) is 21.7. The van der Waals surface area contributed by atoms with Crippen LogP contribution in [0, 0.1) is 5.82 Å². The van der Waals surface area contributed by atoms with Crippen LogP contribution in [0.15, 0.2) is 47.5 Å². The lowest BCUT2D eigenvalue weighted by molar-refractivity contribution is -0.304. The first kappa shape index (κ1) is 21.6. The van der Waals surface area contributed by atoms with Crippen LogP contribution in [-0.4, -0.2) is 48.0 Å². The summed E-state index contributed by atoms with van der Waals surface area (Å²) in [5.74, 6) is -0.916. The van der Waals surface area contributed by atoms with E-state index in [0.717, 1.165) is 17.3 Å². The van der Waals surface area contributed by atoms with Crippen molar-refractivity contribution in [2.45, 2.75) is 18.1 Å². The van der Waals surface area contributed by atoms with E-state index in [0.29, 0.717) is 30.2 Å². The standard InChI is InChI=1S/C21H21FN2O5S/c1-28-16-8-3-13(11-17(16)29-2)9-10-24-19(25)12-18(20(26)27)30-21(24)23-15-6-4-14(22)5-7-15/h3-8,11,18H,9-10,12H2,1-2H3,(H,26,27)/p-1. The highest BCUT2D eigenvalue weighted by Gasteiger charge is 2.32. The van der Waals surface area contributed by atoms with Crippen molar-refractivity contribution >= 4 is 34.5 Å². The topological polar surface area (TPSA) is 91.3 Å². The van der Waals surface area contributed by atoms with E-state index >= 15 is 0 Å². The Labute approximate surface area is 177 Å². The largest absolute Gasteiger partial charge is 0.549 e. The first-order chi connectivity index (χ1) is 14.4. The number of halogens is 1. The molecule has 0 N–H and O–H groups in total. The lowest BCUT2D eigenvalue weighted by Gasteiger charge is -2.32. The van der Waals surface area contributed by atoms with Crippen molar-refractivity contribution in [3.8, 4) is 11.5 Å². The van der Waals surface area contributed by atoms with Gasteiger partial charge in [-0.2, -0.15) is 0 Å². The van der Waals surface area contributed by atoms with Crippen LogP contribution in [0.5, 0.6) is 11.5 Å². The zero-order valence-corrected chi connectivity index (χ0v) is 17.3. The molecule has 0 aromatic heterocycles. The summed E-state index contributed by atoms with van der Waals surface area (Å²) in [5, 5.41) is 10.6. The van der Waals surface area contributed by atoms with Crippen LogP contribution in [0.4, 0.5) is 10.1 Å². The highest BCUT2D eigenvalue weighted by atomic mass is 32.2. The molecule has 0 aliphatic carbocycles. The van der Waals surface area contributed by atoms with Crippen LogP contribution in [0.1, 0.15) is 12.0 Å². The summed E-state index contributed by atoms with van der Waals surface area (Å²) in [6.07, 6.45) is 0.312. The molecular formula is C21H20FN2O5S-. The number of thioether (sulfide) groups is 1. The number of methoxy groups -OCH3 is 2. The van der Waals surface area contributed by atoms with Gasteiger partial charge >= 0.3 is 0 Å². The molecule has 158 valence electrons. The number of amidine groups is 1. The number of hydrogen-bond donors (Lipinski definition) is 0. The Kier molecular flexibility index (Phi) is 6.94. The minimum Gasteiger partial charge on any atom is -0.549 e. The number of hydrogen-bond acceptors (Lipinski definition) is 7. The molecule has 30 heavy (non-hydrogen) atoms. The third kappa shape index (κ3) is 5.10. The van der Waals surface area contributed by atoms with Gasteiger partial charge in [-0.3, -0.25) is 9.69 Å². The molecule has 1 fully saturated rings. The Morgan fingerprint density at radius 1 is 1.20 bits per heavy atom. The van der Waals surface area contributed by atoms with Crippen molar-refractivity contribution in [1.29, 1.82) is 0 Å². The number of rotatable bonds is 7. The van der Waals surface area contributed by atoms with E-state index < -0.39 is 17.0 Å². The Bertz CT molecular complexity index is 964. The van der Waals surface area contributed by atoms with Crippen LogP contribution < -0.4 is 14.6 Å². The second kappa shape index (κ2) is 9.62. The van der Waals surface area contributed by atoms with Gasteiger partial charge in [0, 0.05) is 13.0 Å². The predicted octanol–water partition coefficient (Wildman–Crippen LogP) is 2.16. The van der Waals surface area contributed by atoms with Gasteiger partial charge in [0.2, 0.25) is 5.91 Å². The van der Waals surface area contributed by atoms with Gasteiger partial charge in [-0.1, -0.05) is 17.8 Å². The van der Waals surface area contributed by atoms with E-state index in [1.165, 1.54) is 29.2 Å². The summed E-state index contributed by atoms with van der Waals surface area (Å²) in [6, 6.07) is 10.9. The van der Waals surface area contributed by atoms with E-state index in [4.69, 9.17) is 9.47 Å². The summed E-state index contributed by atoms with van der Waals surface area (Å²) in [6.45, 7) is 0.293. The molecule has 0 radical (unpaired) electrons. The van der Waals surface area contributed by atoms with Gasteiger partial charge in [-0.15, -0.1) is 0 Å². The third-order valence-electron chi connectivity index (χ3n) is 4.53. The van der Waals surface area contributed by atoms with Crippen molar-refractivity contribution in [3.05, 3.63) is 53.8 Å². The van der Waals surface area contributed by atoms with Gasteiger partial charge in [0.05, 0.1) is 31.1 Å². The number of nitrogens with zero attached hydrogens (tertiary/aromatic N) is 2. The van der Waals surface area contributed by atoms with Gasteiger partial charge in [-0.05, 0) is 48.4 Å². The molecule has 0 spiro atoms. The van der Waals surface area contributed by atoms with Crippen LogP contribution in [0.3, 0.4) is 0 Å². The van der Waals surface area contributed by atoms with Gasteiger partial charge in [-0.25, -0.2) is 9.38 Å². The fourth-order valence-corrected chi connectivity index (χ4v) is 4.00. The van der Waals surface area contributed by atoms with E-state index in [2.05, 4.69) is 4.99 Å². The summed E-state index contributed by atoms with van der Waals surface area (Å²) in [4.78, 5) is 29.8. The second-order valence-electron chi connectivity index (χ2n) is 6.49.